The number of nitrogens with one attached hydrogen (secondary N) is 3. The maximum absolute atomic E-state index is 12.6. The number of aromatic amines is 1. The van der Waals surface area contributed by atoms with E-state index in [2.05, 4.69) is 30.9 Å². The van der Waals surface area contributed by atoms with E-state index >= 15 is 0 Å². The van der Waals surface area contributed by atoms with Gasteiger partial charge in [-0.1, -0.05) is 32.4 Å². The van der Waals surface area contributed by atoms with Crippen molar-refractivity contribution >= 4 is 34.2 Å². The van der Waals surface area contributed by atoms with Gasteiger partial charge in [0.1, 0.15) is 16.5 Å². The third kappa shape index (κ3) is 3.57. The number of nitrogens with zero attached hydrogens (tertiary/aromatic N) is 4. The van der Waals surface area contributed by atoms with Crippen LogP contribution >= 0.6 is 11.6 Å². The molecule has 3 aromatic heterocycles. The number of pyridine rings is 1. The standard InChI is InChI=1S/C18H22ClN7O2/c1-8-13(15(27)22-17(20-8)18(3,4)5)16(28)24-23-10-7-11(19)21-14-12(10)9(2)25-26(14)6/h7H,1-6H3,(H,21,23)(H,24,28)(H,20,22,27). The smallest absolute Gasteiger partial charge is 0.277 e. The molecule has 10 heteroatoms. The molecule has 28 heavy (non-hydrogen) atoms. The summed E-state index contributed by atoms with van der Waals surface area (Å²) in [6.45, 7) is 9.25. The highest BCUT2D eigenvalue weighted by molar-refractivity contribution is 6.30. The number of fused-ring (bicyclic) bond motifs is 1. The molecule has 0 bridgehead atoms. The maximum Gasteiger partial charge on any atom is 0.277 e. The summed E-state index contributed by atoms with van der Waals surface area (Å²) in [6, 6.07) is 1.58. The number of hydrogen-bond donors (Lipinski definition) is 3. The first kappa shape index (κ1) is 19.8. The van der Waals surface area contributed by atoms with E-state index in [9.17, 15) is 9.59 Å². The van der Waals surface area contributed by atoms with Crippen LogP contribution in [-0.2, 0) is 12.5 Å². The molecular weight excluding hydrogens is 382 g/mol. The van der Waals surface area contributed by atoms with Crippen molar-refractivity contribution in [2.45, 2.75) is 40.0 Å². The van der Waals surface area contributed by atoms with Crippen molar-refractivity contribution in [3.05, 3.63) is 44.3 Å². The average molecular weight is 404 g/mol. The molecule has 0 saturated heterocycles. The Hall–Kier alpha value is -2.94. The van der Waals surface area contributed by atoms with Crippen molar-refractivity contribution in [2.75, 3.05) is 5.43 Å². The SMILES string of the molecule is Cc1nc(C(C)(C)C)[nH]c(=O)c1C(=O)NNc1cc(Cl)nc2c1c(C)nn2C. The Kier molecular flexibility index (Phi) is 4.88. The van der Waals surface area contributed by atoms with Crippen molar-refractivity contribution in [1.29, 1.82) is 0 Å². The Labute approximate surface area is 166 Å². The van der Waals surface area contributed by atoms with E-state index < -0.39 is 11.5 Å². The van der Waals surface area contributed by atoms with Gasteiger partial charge in [0.05, 0.1) is 22.5 Å². The van der Waals surface area contributed by atoms with Gasteiger partial charge in [-0.3, -0.25) is 25.1 Å². The molecule has 3 aromatic rings. The molecule has 3 heterocycles. The molecule has 0 unspecified atom stereocenters. The first-order valence-electron chi connectivity index (χ1n) is 8.66. The van der Waals surface area contributed by atoms with Gasteiger partial charge < -0.3 is 4.98 Å². The molecule has 148 valence electrons. The van der Waals surface area contributed by atoms with Gasteiger partial charge in [0.25, 0.3) is 11.5 Å². The van der Waals surface area contributed by atoms with Gasteiger partial charge in [-0.05, 0) is 13.8 Å². The van der Waals surface area contributed by atoms with E-state index in [1.165, 1.54) is 0 Å². The van der Waals surface area contributed by atoms with E-state index in [4.69, 9.17) is 11.6 Å². The van der Waals surface area contributed by atoms with Crippen LogP contribution in [0.15, 0.2) is 10.9 Å². The molecule has 0 spiro atoms. The Morgan fingerprint density at radius 3 is 2.50 bits per heavy atom. The summed E-state index contributed by atoms with van der Waals surface area (Å²) in [5.74, 6) is -0.0811. The number of aryl methyl sites for hydroxylation is 3. The molecule has 9 nitrogen and oxygen atoms in total. The first-order valence-corrected chi connectivity index (χ1v) is 9.04. The average Bonchev–Trinajstić information content (AvgIpc) is 2.85. The van der Waals surface area contributed by atoms with Gasteiger partial charge in [0.2, 0.25) is 0 Å². The molecule has 0 saturated carbocycles. The van der Waals surface area contributed by atoms with Crippen molar-refractivity contribution < 1.29 is 4.79 Å². The van der Waals surface area contributed by atoms with E-state index in [0.29, 0.717) is 22.9 Å². The summed E-state index contributed by atoms with van der Waals surface area (Å²) < 4.78 is 1.60. The predicted molar refractivity (Wildman–Crippen MR) is 108 cm³/mol. The minimum absolute atomic E-state index is 0.0557. The number of carbonyl (C=O) groups excluding carboxylic acids is 1. The maximum atomic E-state index is 12.6. The molecule has 0 aliphatic rings. The summed E-state index contributed by atoms with van der Waals surface area (Å²) in [5.41, 5.74) is 6.65. The lowest BCUT2D eigenvalue weighted by atomic mass is 9.95. The van der Waals surface area contributed by atoms with Crippen LogP contribution in [0, 0.1) is 13.8 Å². The lowest BCUT2D eigenvalue weighted by molar-refractivity contribution is 0.0960. The number of halogens is 1. The second-order valence-corrected chi connectivity index (χ2v) is 7.99. The van der Waals surface area contributed by atoms with Crippen molar-refractivity contribution in [3.8, 4) is 0 Å². The molecule has 1 amide bonds. The van der Waals surface area contributed by atoms with E-state index in [-0.39, 0.29) is 16.1 Å². The van der Waals surface area contributed by atoms with Gasteiger partial charge in [-0.2, -0.15) is 5.10 Å². The van der Waals surface area contributed by atoms with E-state index in [1.54, 1.807) is 24.7 Å². The Morgan fingerprint density at radius 2 is 1.89 bits per heavy atom. The van der Waals surface area contributed by atoms with Crippen LogP contribution < -0.4 is 16.4 Å². The normalized spacial score (nSPS) is 11.7. The van der Waals surface area contributed by atoms with E-state index in [1.807, 2.05) is 27.7 Å². The number of aromatic nitrogens is 5. The van der Waals surface area contributed by atoms with Crippen LogP contribution in [0.4, 0.5) is 5.69 Å². The molecule has 0 aliphatic heterocycles. The fourth-order valence-electron chi connectivity index (χ4n) is 2.91. The highest BCUT2D eigenvalue weighted by Gasteiger charge is 2.22. The van der Waals surface area contributed by atoms with Gasteiger partial charge >= 0.3 is 0 Å². The van der Waals surface area contributed by atoms with Crippen molar-refractivity contribution in [3.63, 3.8) is 0 Å². The van der Waals surface area contributed by atoms with Crippen LogP contribution in [0.3, 0.4) is 0 Å². The number of carbonyl (C=O) groups is 1. The van der Waals surface area contributed by atoms with Gasteiger partial charge in [0.15, 0.2) is 5.65 Å². The summed E-state index contributed by atoms with van der Waals surface area (Å²) in [4.78, 5) is 36.4. The topological polar surface area (TPSA) is 118 Å². The van der Waals surface area contributed by atoms with Crippen LogP contribution in [0.1, 0.15) is 48.3 Å². The molecule has 0 fully saturated rings. The monoisotopic (exact) mass is 403 g/mol. The number of H-pyrrole nitrogens is 1. The number of hydrogen-bond acceptors (Lipinski definition) is 6. The zero-order chi connectivity index (χ0) is 20.8. The van der Waals surface area contributed by atoms with Crippen LogP contribution in [0.2, 0.25) is 5.15 Å². The van der Waals surface area contributed by atoms with E-state index in [0.717, 1.165) is 11.1 Å². The second-order valence-electron chi connectivity index (χ2n) is 7.60. The molecule has 3 rings (SSSR count). The Bertz CT molecular complexity index is 1140. The molecule has 0 aromatic carbocycles. The highest BCUT2D eigenvalue weighted by atomic mass is 35.5. The lowest BCUT2D eigenvalue weighted by Crippen LogP contribution is -2.36. The van der Waals surface area contributed by atoms with Crippen LogP contribution in [0.25, 0.3) is 11.0 Å². The lowest BCUT2D eigenvalue weighted by Gasteiger charge is -2.18. The highest BCUT2D eigenvalue weighted by Crippen LogP contribution is 2.27. The number of anilines is 1. The summed E-state index contributed by atoms with van der Waals surface area (Å²) in [6.07, 6.45) is 0. The Balaban J connectivity index is 1.92. The van der Waals surface area contributed by atoms with Crippen molar-refractivity contribution in [2.24, 2.45) is 7.05 Å². The molecule has 0 radical (unpaired) electrons. The third-order valence-electron chi connectivity index (χ3n) is 4.29. The van der Waals surface area contributed by atoms with Gasteiger partial charge in [-0.15, -0.1) is 0 Å². The molecule has 0 atom stereocenters. The Morgan fingerprint density at radius 1 is 1.21 bits per heavy atom. The zero-order valence-electron chi connectivity index (χ0n) is 16.6. The van der Waals surface area contributed by atoms with Crippen LogP contribution in [0.5, 0.6) is 0 Å². The summed E-state index contributed by atoms with van der Waals surface area (Å²) in [7, 11) is 1.76. The number of hydrazine groups is 1. The third-order valence-corrected chi connectivity index (χ3v) is 4.48. The number of rotatable bonds is 3. The largest absolute Gasteiger partial charge is 0.309 e. The minimum Gasteiger partial charge on any atom is -0.309 e. The second kappa shape index (κ2) is 6.90. The van der Waals surface area contributed by atoms with Crippen molar-refractivity contribution in [1.82, 2.24) is 30.2 Å². The van der Waals surface area contributed by atoms with Gasteiger partial charge in [0, 0.05) is 18.5 Å². The van der Waals surface area contributed by atoms with Crippen LogP contribution in [-0.4, -0.2) is 30.6 Å². The fraction of sp³-hybridized carbons (Fsp3) is 0.389. The minimum atomic E-state index is -0.602. The summed E-state index contributed by atoms with van der Waals surface area (Å²) >= 11 is 6.08. The zero-order valence-corrected chi connectivity index (χ0v) is 17.3. The molecular formula is C18H22ClN7O2. The predicted octanol–water partition coefficient (Wildman–Crippen LogP) is 2.38. The van der Waals surface area contributed by atoms with Gasteiger partial charge in [-0.25, -0.2) is 9.97 Å². The molecule has 3 N–H and O–H groups in total. The summed E-state index contributed by atoms with van der Waals surface area (Å²) in [5, 5.41) is 5.28. The quantitative estimate of drug-likeness (QED) is 0.456. The fourth-order valence-corrected chi connectivity index (χ4v) is 3.10. The first-order chi connectivity index (χ1) is 13.0. The molecule has 0 aliphatic carbocycles. The number of amides is 1.